The maximum absolute atomic E-state index is 8.66. The molecule has 0 saturated carbocycles. The van der Waals surface area contributed by atoms with E-state index in [0.29, 0.717) is 0 Å². The van der Waals surface area contributed by atoms with Crippen LogP contribution in [0.4, 0.5) is 0 Å². The van der Waals surface area contributed by atoms with Gasteiger partial charge in [-0.3, -0.25) is 29.9 Å². The number of hydrogen-bond donors (Lipinski definition) is 3. The molecule has 0 spiro atoms. The first kappa shape index (κ1) is 15.9. The van der Waals surface area contributed by atoms with Crippen LogP contribution in [0.2, 0.25) is 0 Å². The second-order valence-corrected chi connectivity index (χ2v) is 4.15. The third-order valence-corrected chi connectivity index (χ3v) is 2.88. The lowest BCUT2D eigenvalue weighted by Gasteiger charge is -2.16. The highest BCUT2D eigenvalue weighted by Gasteiger charge is 2.08. The average molecular weight is 285 g/mol. The van der Waals surface area contributed by atoms with Crippen LogP contribution >= 0.6 is 0 Å². The predicted octanol–water partition coefficient (Wildman–Crippen LogP) is -0.729. The van der Waals surface area contributed by atoms with Gasteiger partial charge in [-0.25, -0.2) is 0 Å². The first-order chi connectivity index (χ1) is 10.1. The fourth-order valence-electron chi connectivity index (χ4n) is 1.86. The van der Waals surface area contributed by atoms with Crippen LogP contribution in [0.15, 0.2) is 0 Å². The zero-order chi connectivity index (χ0) is 15.8. The Morgan fingerprint density at radius 1 is 0.619 bits per heavy atom. The molecule has 0 aromatic carbocycles. The molecule has 108 valence electrons. The van der Waals surface area contributed by atoms with E-state index in [9.17, 15) is 0 Å². The Labute approximate surface area is 120 Å². The van der Waals surface area contributed by atoms with Crippen LogP contribution in [-0.2, 0) is 19.6 Å². The van der Waals surface area contributed by atoms with Crippen molar-refractivity contribution in [3.05, 3.63) is 16.9 Å². The molecule has 1 aromatic heterocycles. The first-order valence-electron chi connectivity index (χ1n) is 6.27. The van der Waals surface area contributed by atoms with Crippen LogP contribution in [0.25, 0.3) is 0 Å². The van der Waals surface area contributed by atoms with E-state index in [4.69, 9.17) is 32.0 Å². The Kier molecular flexibility index (Phi) is 5.66. The van der Waals surface area contributed by atoms with Gasteiger partial charge in [0, 0.05) is 19.6 Å². The van der Waals surface area contributed by atoms with E-state index < -0.39 is 0 Å². The summed E-state index contributed by atoms with van der Waals surface area (Å²) in [6.07, 6.45) is 0.406. The van der Waals surface area contributed by atoms with Gasteiger partial charge in [0.05, 0.1) is 37.5 Å². The summed E-state index contributed by atoms with van der Waals surface area (Å²) in [5.41, 5.74) is -0.281. The largest absolute Gasteiger partial charge is 0.281 e. The lowest BCUT2D eigenvalue weighted by atomic mass is 10.4. The quantitative estimate of drug-likeness (QED) is 0.630. The lowest BCUT2D eigenvalue weighted by Crippen LogP contribution is -2.54. The average Bonchev–Trinajstić information content (AvgIpc) is 2.47. The summed E-state index contributed by atoms with van der Waals surface area (Å²) in [7, 11) is 0. The normalized spacial score (nSPS) is 9.57. The molecule has 0 atom stereocenters. The molecular weight excluding hydrogens is 270 g/mol. The molecule has 1 rings (SSSR count). The highest BCUT2D eigenvalue weighted by atomic mass is 15.3. The van der Waals surface area contributed by atoms with Crippen molar-refractivity contribution in [3.63, 3.8) is 0 Å². The maximum Gasteiger partial charge on any atom is 0.207 e. The molecule has 9 nitrogen and oxygen atoms in total. The van der Waals surface area contributed by atoms with Gasteiger partial charge in [0.15, 0.2) is 0 Å². The third kappa shape index (κ3) is 3.46. The molecule has 9 heteroatoms. The monoisotopic (exact) mass is 285 g/mol. The molecule has 0 aliphatic carbocycles. The van der Waals surface area contributed by atoms with Crippen molar-refractivity contribution < 1.29 is 0 Å². The summed E-state index contributed by atoms with van der Waals surface area (Å²) in [5.74, 6) is 0. The number of hydrogen-bond acceptors (Lipinski definition) is 6. The van der Waals surface area contributed by atoms with Gasteiger partial charge in [0.2, 0.25) is 16.9 Å². The number of nitrogens with zero attached hydrogens (tertiary/aromatic N) is 6. The van der Waals surface area contributed by atoms with Gasteiger partial charge in [0.25, 0.3) is 0 Å². The van der Waals surface area contributed by atoms with Crippen LogP contribution in [0, 0.1) is 50.2 Å². The Bertz CT molecular complexity index is 660. The van der Waals surface area contributed by atoms with Crippen molar-refractivity contribution in [1.29, 1.82) is 32.0 Å². The third-order valence-electron chi connectivity index (χ3n) is 2.88. The van der Waals surface area contributed by atoms with Gasteiger partial charge in [-0.05, 0) is 0 Å². The fourth-order valence-corrected chi connectivity index (χ4v) is 1.86. The van der Waals surface area contributed by atoms with Gasteiger partial charge >= 0.3 is 0 Å². The molecule has 1 heterocycles. The topological polar surface area (TPSA) is 158 Å². The lowest BCUT2D eigenvalue weighted by molar-refractivity contribution is 0.411. The van der Waals surface area contributed by atoms with E-state index in [-0.39, 0.29) is 55.8 Å². The standard InChI is InChI=1S/C12H15N9/c13-4-1-7-19-10(16)20(8-2-5-14)12(18)21(11(19)17)9-3-6-15/h16-18H,1-3,7-9H2. The Balaban J connectivity index is 3.52. The van der Waals surface area contributed by atoms with E-state index in [1.165, 1.54) is 13.7 Å². The second-order valence-electron chi connectivity index (χ2n) is 4.15. The van der Waals surface area contributed by atoms with Crippen LogP contribution in [-0.4, -0.2) is 13.7 Å². The molecule has 0 unspecified atom stereocenters. The van der Waals surface area contributed by atoms with Crippen LogP contribution < -0.4 is 16.9 Å². The molecule has 3 N–H and O–H groups in total. The summed E-state index contributed by atoms with van der Waals surface area (Å²) in [6, 6.07) is 5.86. The second kappa shape index (κ2) is 7.46. The number of nitriles is 3. The predicted molar refractivity (Wildman–Crippen MR) is 68.7 cm³/mol. The number of aromatic nitrogens is 3. The minimum Gasteiger partial charge on any atom is -0.281 e. The van der Waals surface area contributed by atoms with Crippen molar-refractivity contribution in [2.75, 3.05) is 0 Å². The zero-order valence-corrected chi connectivity index (χ0v) is 11.4. The van der Waals surface area contributed by atoms with Gasteiger partial charge in [-0.1, -0.05) is 0 Å². The zero-order valence-electron chi connectivity index (χ0n) is 11.4. The Morgan fingerprint density at radius 2 is 0.857 bits per heavy atom. The summed E-state index contributed by atoms with van der Waals surface area (Å²) >= 11 is 0. The maximum atomic E-state index is 8.66. The van der Waals surface area contributed by atoms with Crippen molar-refractivity contribution >= 4 is 0 Å². The van der Waals surface area contributed by atoms with Crippen molar-refractivity contribution in [3.8, 4) is 18.2 Å². The summed E-state index contributed by atoms with van der Waals surface area (Å²) < 4.78 is 3.90. The van der Waals surface area contributed by atoms with Gasteiger partial charge in [0.1, 0.15) is 0 Å². The summed E-state index contributed by atoms with van der Waals surface area (Å²) in [4.78, 5) is 0. The van der Waals surface area contributed by atoms with Crippen molar-refractivity contribution in [2.24, 2.45) is 0 Å². The SMILES string of the molecule is N#CCCn1c(=N)n(CCC#N)c(=N)n(CCC#N)c1=N. The van der Waals surface area contributed by atoms with Crippen molar-refractivity contribution in [2.45, 2.75) is 38.9 Å². The smallest absolute Gasteiger partial charge is 0.207 e. The summed E-state index contributed by atoms with van der Waals surface area (Å²) in [6.45, 7) is 0.481. The van der Waals surface area contributed by atoms with E-state index in [1.807, 2.05) is 18.2 Å². The van der Waals surface area contributed by atoms with Crippen LogP contribution in [0.5, 0.6) is 0 Å². The molecule has 0 fully saturated rings. The van der Waals surface area contributed by atoms with Crippen LogP contribution in [0.3, 0.4) is 0 Å². The molecule has 0 saturated heterocycles. The fraction of sp³-hybridized carbons (Fsp3) is 0.500. The van der Waals surface area contributed by atoms with Gasteiger partial charge < -0.3 is 0 Å². The Hall–Kier alpha value is -3.12. The molecule has 0 radical (unpaired) electrons. The van der Waals surface area contributed by atoms with Gasteiger partial charge in [-0.2, -0.15) is 15.8 Å². The molecule has 0 bridgehead atoms. The molecule has 21 heavy (non-hydrogen) atoms. The molecule has 0 amide bonds. The number of nitrogens with one attached hydrogen (secondary N) is 3. The molecule has 0 aliphatic rings. The Morgan fingerprint density at radius 3 is 1.05 bits per heavy atom. The van der Waals surface area contributed by atoms with E-state index in [1.54, 1.807) is 0 Å². The minimum atomic E-state index is -0.0938. The molecule has 0 aliphatic heterocycles. The number of rotatable bonds is 6. The van der Waals surface area contributed by atoms with Gasteiger partial charge in [-0.15, -0.1) is 0 Å². The van der Waals surface area contributed by atoms with Crippen molar-refractivity contribution in [1.82, 2.24) is 13.7 Å². The van der Waals surface area contributed by atoms with Crippen LogP contribution in [0.1, 0.15) is 19.3 Å². The van der Waals surface area contributed by atoms with E-state index >= 15 is 0 Å². The molecule has 1 aromatic rings. The first-order valence-corrected chi connectivity index (χ1v) is 6.27. The highest BCUT2D eigenvalue weighted by Crippen LogP contribution is 1.85. The minimum absolute atomic E-state index is 0.0938. The molecular formula is C12H15N9. The van der Waals surface area contributed by atoms with E-state index in [2.05, 4.69) is 0 Å². The van der Waals surface area contributed by atoms with E-state index in [0.717, 1.165) is 0 Å². The summed E-state index contributed by atoms with van der Waals surface area (Å²) in [5, 5.41) is 50.1. The highest BCUT2D eigenvalue weighted by molar-refractivity contribution is 4.79.